The Morgan fingerprint density at radius 3 is 2.83 bits per heavy atom. The van der Waals surface area contributed by atoms with Crippen molar-refractivity contribution in [2.75, 3.05) is 20.1 Å². The summed E-state index contributed by atoms with van der Waals surface area (Å²) < 4.78 is 5.00. The SMILES string of the molecule is CNC1CCN(CCc2noc(C)n2)C(C)C1C. The van der Waals surface area contributed by atoms with E-state index in [0.29, 0.717) is 23.9 Å². The maximum Gasteiger partial charge on any atom is 0.223 e. The first kappa shape index (κ1) is 13.5. The summed E-state index contributed by atoms with van der Waals surface area (Å²) in [6.07, 6.45) is 2.09. The zero-order valence-corrected chi connectivity index (χ0v) is 11.8. The third kappa shape index (κ3) is 2.90. The Labute approximate surface area is 109 Å². The van der Waals surface area contributed by atoms with Gasteiger partial charge in [0.2, 0.25) is 5.89 Å². The molecule has 0 aromatic carbocycles. The molecule has 0 aliphatic carbocycles. The number of nitrogens with zero attached hydrogens (tertiary/aromatic N) is 3. The highest BCUT2D eigenvalue weighted by Gasteiger charge is 2.31. The van der Waals surface area contributed by atoms with Crippen molar-refractivity contribution in [3.05, 3.63) is 11.7 Å². The molecule has 0 amide bonds. The highest BCUT2D eigenvalue weighted by Crippen LogP contribution is 2.23. The molecule has 5 nitrogen and oxygen atoms in total. The minimum atomic E-state index is 0.601. The molecule has 1 aliphatic heterocycles. The maximum atomic E-state index is 5.00. The van der Waals surface area contributed by atoms with E-state index in [2.05, 4.69) is 41.3 Å². The van der Waals surface area contributed by atoms with E-state index in [0.717, 1.165) is 25.3 Å². The lowest BCUT2D eigenvalue weighted by molar-refractivity contribution is 0.0882. The van der Waals surface area contributed by atoms with E-state index in [1.54, 1.807) is 0 Å². The van der Waals surface area contributed by atoms with Crippen LogP contribution in [-0.4, -0.2) is 47.3 Å². The van der Waals surface area contributed by atoms with Gasteiger partial charge < -0.3 is 9.84 Å². The molecule has 1 aromatic rings. The van der Waals surface area contributed by atoms with Gasteiger partial charge in [-0.15, -0.1) is 0 Å². The van der Waals surface area contributed by atoms with Crippen LogP contribution in [0.2, 0.25) is 0 Å². The first-order valence-electron chi connectivity index (χ1n) is 6.82. The number of rotatable bonds is 4. The van der Waals surface area contributed by atoms with Gasteiger partial charge in [0.25, 0.3) is 0 Å². The van der Waals surface area contributed by atoms with Gasteiger partial charge in [0.15, 0.2) is 5.82 Å². The van der Waals surface area contributed by atoms with E-state index in [-0.39, 0.29) is 0 Å². The lowest BCUT2D eigenvalue weighted by atomic mass is 9.87. The second-order valence-corrected chi connectivity index (χ2v) is 5.30. The number of piperidine rings is 1. The first-order chi connectivity index (χ1) is 8.61. The number of likely N-dealkylation sites (tertiary alicyclic amines) is 1. The molecule has 0 bridgehead atoms. The summed E-state index contributed by atoms with van der Waals surface area (Å²) in [5.41, 5.74) is 0. The quantitative estimate of drug-likeness (QED) is 0.873. The van der Waals surface area contributed by atoms with Crippen molar-refractivity contribution in [3.63, 3.8) is 0 Å². The maximum absolute atomic E-state index is 5.00. The Morgan fingerprint density at radius 1 is 1.44 bits per heavy atom. The van der Waals surface area contributed by atoms with Crippen LogP contribution in [0.4, 0.5) is 0 Å². The van der Waals surface area contributed by atoms with Gasteiger partial charge in [0.1, 0.15) is 0 Å². The average molecular weight is 252 g/mol. The van der Waals surface area contributed by atoms with Gasteiger partial charge >= 0.3 is 0 Å². The molecule has 1 aliphatic rings. The number of hydrogen-bond acceptors (Lipinski definition) is 5. The number of nitrogens with one attached hydrogen (secondary N) is 1. The molecule has 1 saturated heterocycles. The van der Waals surface area contributed by atoms with Crippen LogP contribution >= 0.6 is 0 Å². The van der Waals surface area contributed by atoms with Gasteiger partial charge in [-0.05, 0) is 32.9 Å². The molecule has 1 aromatic heterocycles. The fraction of sp³-hybridized carbons (Fsp3) is 0.846. The van der Waals surface area contributed by atoms with Crippen LogP contribution in [0.3, 0.4) is 0 Å². The lowest BCUT2D eigenvalue weighted by Crippen LogP contribution is -2.53. The predicted octanol–water partition coefficient (Wildman–Crippen LogP) is 1.24. The Bertz CT molecular complexity index is 379. The van der Waals surface area contributed by atoms with Gasteiger partial charge in [0.05, 0.1) is 0 Å². The molecule has 5 heteroatoms. The minimum absolute atomic E-state index is 0.601. The monoisotopic (exact) mass is 252 g/mol. The molecule has 102 valence electrons. The third-order valence-electron chi connectivity index (χ3n) is 4.26. The molecule has 0 saturated carbocycles. The van der Waals surface area contributed by atoms with Crippen molar-refractivity contribution in [2.24, 2.45) is 5.92 Å². The van der Waals surface area contributed by atoms with Crippen LogP contribution in [0.15, 0.2) is 4.52 Å². The first-order valence-corrected chi connectivity index (χ1v) is 6.82. The number of aromatic nitrogens is 2. The van der Waals surface area contributed by atoms with E-state index >= 15 is 0 Å². The van der Waals surface area contributed by atoms with Crippen LogP contribution in [0.5, 0.6) is 0 Å². The van der Waals surface area contributed by atoms with Gasteiger partial charge in [-0.25, -0.2) is 0 Å². The van der Waals surface area contributed by atoms with Gasteiger partial charge in [-0.2, -0.15) is 4.98 Å². The van der Waals surface area contributed by atoms with Crippen LogP contribution in [0, 0.1) is 12.8 Å². The van der Waals surface area contributed by atoms with Crippen molar-refractivity contribution >= 4 is 0 Å². The molecular weight excluding hydrogens is 228 g/mol. The molecule has 2 rings (SSSR count). The molecule has 0 radical (unpaired) electrons. The molecule has 18 heavy (non-hydrogen) atoms. The van der Waals surface area contributed by atoms with E-state index in [4.69, 9.17) is 4.52 Å². The second kappa shape index (κ2) is 5.80. The van der Waals surface area contributed by atoms with Crippen molar-refractivity contribution in [1.82, 2.24) is 20.4 Å². The van der Waals surface area contributed by atoms with Gasteiger partial charge in [-0.1, -0.05) is 12.1 Å². The van der Waals surface area contributed by atoms with Gasteiger partial charge in [0, 0.05) is 32.0 Å². The lowest BCUT2D eigenvalue weighted by Gasteiger charge is -2.42. The van der Waals surface area contributed by atoms with E-state index in [9.17, 15) is 0 Å². The molecule has 0 spiro atoms. The molecule has 3 unspecified atom stereocenters. The van der Waals surface area contributed by atoms with Crippen molar-refractivity contribution < 1.29 is 4.52 Å². The van der Waals surface area contributed by atoms with Crippen LogP contribution < -0.4 is 5.32 Å². The fourth-order valence-corrected chi connectivity index (χ4v) is 2.85. The summed E-state index contributed by atoms with van der Waals surface area (Å²) in [7, 11) is 2.06. The average Bonchev–Trinajstić information content (AvgIpc) is 2.77. The Hall–Kier alpha value is -0.940. The molecular formula is C13H24N4O. The van der Waals surface area contributed by atoms with Crippen molar-refractivity contribution in [1.29, 1.82) is 0 Å². The number of aryl methyl sites for hydroxylation is 1. The highest BCUT2D eigenvalue weighted by atomic mass is 16.5. The van der Waals surface area contributed by atoms with E-state index in [1.165, 1.54) is 6.42 Å². The predicted molar refractivity (Wildman–Crippen MR) is 70.4 cm³/mol. The highest BCUT2D eigenvalue weighted by molar-refractivity contribution is 4.90. The van der Waals surface area contributed by atoms with E-state index < -0.39 is 0 Å². The summed E-state index contributed by atoms with van der Waals surface area (Å²) >= 11 is 0. The summed E-state index contributed by atoms with van der Waals surface area (Å²) in [5, 5.41) is 7.37. The molecule has 3 atom stereocenters. The number of hydrogen-bond donors (Lipinski definition) is 1. The zero-order chi connectivity index (χ0) is 13.1. The summed E-state index contributed by atoms with van der Waals surface area (Å²) in [4.78, 5) is 6.79. The molecule has 2 heterocycles. The van der Waals surface area contributed by atoms with Crippen LogP contribution in [-0.2, 0) is 6.42 Å². The molecule has 1 fully saturated rings. The second-order valence-electron chi connectivity index (χ2n) is 5.30. The Balaban J connectivity index is 1.86. The summed E-state index contributed by atoms with van der Waals surface area (Å²) in [6.45, 7) is 8.64. The van der Waals surface area contributed by atoms with Crippen molar-refractivity contribution in [2.45, 2.75) is 45.7 Å². The standard InChI is InChI=1S/C13H24N4O/c1-9-10(2)17(7-5-12(9)14-4)8-6-13-15-11(3)18-16-13/h9-10,12,14H,5-8H2,1-4H3. The summed E-state index contributed by atoms with van der Waals surface area (Å²) in [5.74, 6) is 2.15. The smallest absolute Gasteiger partial charge is 0.223 e. The topological polar surface area (TPSA) is 54.2 Å². The fourth-order valence-electron chi connectivity index (χ4n) is 2.85. The van der Waals surface area contributed by atoms with Crippen LogP contribution in [0.1, 0.15) is 32.0 Å². The van der Waals surface area contributed by atoms with Crippen LogP contribution in [0.25, 0.3) is 0 Å². The van der Waals surface area contributed by atoms with Crippen molar-refractivity contribution in [3.8, 4) is 0 Å². The normalized spacial score (nSPS) is 29.7. The van der Waals surface area contributed by atoms with E-state index in [1.807, 2.05) is 6.92 Å². The van der Waals surface area contributed by atoms with Gasteiger partial charge in [-0.3, -0.25) is 4.90 Å². The Morgan fingerprint density at radius 2 is 2.22 bits per heavy atom. The summed E-state index contributed by atoms with van der Waals surface area (Å²) in [6, 6.07) is 1.24. The largest absolute Gasteiger partial charge is 0.340 e. The third-order valence-corrected chi connectivity index (χ3v) is 4.26. The minimum Gasteiger partial charge on any atom is -0.340 e. The molecule has 1 N–H and O–H groups in total. The Kier molecular flexibility index (Phi) is 4.35. The zero-order valence-electron chi connectivity index (χ0n) is 11.8.